The molecule has 1 aromatic carbocycles. The van der Waals surface area contributed by atoms with Crippen molar-refractivity contribution in [3.8, 4) is 22.9 Å². The van der Waals surface area contributed by atoms with Crippen LogP contribution in [0.2, 0.25) is 0 Å². The first-order valence-corrected chi connectivity index (χ1v) is 8.01. The Morgan fingerprint density at radius 1 is 1.21 bits per heavy atom. The zero-order valence-electron chi connectivity index (χ0n) is 13.7. The zero-order valence-corrected chi connectivity index (χ0v) is 14.6. The molecule has 3 aliphatic heterocycles. The molecular formula is C17H20ClN5O. The van der Waals surface area contributed by atoms with E-state index >= 15 is 0 Å². The standard InChI is InChI=1S/C17H19N5O.ClH/c1-3-9-21-16-13(15-18-8-10-22(15)17(21)23)19-14(20-16)12-6-4-11(2)5-7-12;/h4-7,18H,3,8-10H2,1-2H3;1H. The van der Waals surface area contributed by atoms with Gasteiger partial charge in [-0.3, -0.25) is 9.13 Å². The number of hydrogen-bond donors (Lipinski definition) is 1. The Balaban J connectivity index is 0.00000169. The van der Waals surface area contributed by atoms with Crippen molar-refractivity contribution in [1.29, 1.82) is 0 Å². The number of halogens is 1. The van der Waals surface area contributed by atoms with Gasteiger partial charge in [-0.2, -0.15) is 0 Å². The Kier molecular flexibility index (Phi) is 4.32. The van der Waals surface area contributed by atoms with Crippen molar-refractivity contribution in [2.45, 2.75) is 33.4 Å². The number of hydrogen-bond acceptors (Lipinski definition) is 4. The summed E-state index contributed by atoms with van der Waals surface area (Å²) in [6, 6.07) is 8.14. The average molecular weight is 346 g/mol. The van der Waals surface area contributed by atoms with Crippen molar-refractivity contribution < 1.29 is 0 Å². The van der Waals surface area contributed by atoms with E-state index in [2.05, 4.69) is 24.1 Å². The highest BCUT2D eigenvalue weighted by Crippen LogP contribution is 2.31. The van der Waals surface area contributed by atoms with Crippen LogP contribution in [0.3, 0.4) is 0 Å². The molecule has 24 heavy (non-hydrogen) atoms. The molecule has 6 nitrogen and oxygen atoms in total. The number of aryl methyl sites for hydroxylation is 1. The van der Waals surface area contributed by atoms with Gasteiger partial charge in [0.1, 0.15) is 11.5 Å². The molecule has 0 saturated heterocycles. The third-order valence-corrected chi connectivity index (χ3v) is 4.24. The molecular weight excluding hydrogens is 326 g/mol. The summed E-state index contributed by atoms with van der Waals surface area (Å²) in [5.74, 6) is 2.14. The quantitative estimate of drug-likeness (QED) is 0.792. The van der Waals surface area contributed by atoms with E-state index in [0.29, 0.717) is 24.7 Å². The highest BCUT2D eigenvalue weighted by atomic mass is 35.5. The van der Waals surface area contributed by atoms with Crippen LogP contribution in [0.5, 0.6) is 0 Å². The molecule has 0 atom stereocenters. The second-order valence-electron chi connectivity index (χ2n) is 5.95. The van der Waals surface area contributed by atoms with Gasteiger partial charge in [0.05, 0.1) is 0 Å². The highest BCUT2D eigenvalue weighted by Gasteiger charge is 2.27. The van der Waals surface area contributed by atoms with Crippen molar-refractivity contribution in [2.75, 3.05) is 11.9 Å². The number of imidazole rings is 1. The van der Waals surface area contributed by atoms with Crippen LogP contribution in [0.15, 0.2) is 29.1 Å². The van der Waals surface area contributed by atoms with E-state index in [1.54, 1.807) is 9.13 Å². The van der Waals surface area contributed by atoms with Crippen molar-refractivity contribution in [3.63, 3.8) is 0 Å². The first kappa shape index (κ1) is 16.5. The van der Waals surface area contributed by atoms with E-state index in [4.69, 9.17) is 4.98 Å². The van der Waals surface area contributed by atoms with Crippen LogP contribution in [0.25, 0.3) is 22.9 Å². The number of fused-ring (bicyclic) bond motifs is 3. The van der Waals surface area contributed by atoms with Gasteiger partial charge in [0.25, 0.3) is 0 Å². The van der Waals surface area contributed by atoms with Crippen molar-refractivity contribution in [2.24, 2.45) is 0 Å². The van der Waals surface area contributed by atoms with Gasteiger partial charge in [0.15, 0.2) is 11.6 Å². The number of anilines is 1. The highest BCUT2D eigenvalue weighted by molar-refractivity contribution is 5.85. The van der Waals surface area contributed by atoms with Crippen molar-refractivity contribution in [1.82, 2.24) is 19.1 Å². The Labute approximate surface area is 146 Å². The molecule has 7 heteroatoms. The van der Waals surface area contributed by atoms with Crippen LogP contribution in [0.1, 0.15) is 18.9 Å². The van der Waals surface area contributed by atoms with Crippen LogP contribution < -0.4 is 11.0 Å². The summed E-state index contributed by atoms with van der Waals surface area (Å²) in [6.07, 6.45) is 0.883. The minimum atomic E-state index is -0.00490. The Morgan fingerprint density at radius 2 is 1.96 bits per heavy atom. The third-order valence-electron chi connectivity index (χ3n) is 4.24. The number of nitrogens with one attached hydrogen (secondary N) is 1. The Morgan fingerprint density at radius 3 is 2.67 bits per heavy atom. The molecule has 0 bridgehead atoms. The second kappa shape index (κ2) is 6.28. The molecule has 0 aromatic heterocycles. The maximum absolute atomic E-state index is 12.7. The van der Waals surface area contributed by atoms with Crippen LogP contribution in [0.4, 0.5) is 5.82 Å². The summed E-state index contributed by atoms with van der Waals surface area (Å²) in [6.45, 7) is 6.21. The first-order valence-electron chi connectivity index (χ1n) is 8.01. The lowest BCUT2D eigenvalue weighted by atomic mass is 10.1. The van der Waals surface area contributed by atoms with Gasteiger partial charge < -0.3 is 5.32 Å². The topological polar surface area (TPSA) is 64.7 Å². The minimum Gasteiger partial charge on any atom is -0.368 e. The molecule has 126 valence electrons. The number of benzene rings is 1. The largest absolute Gasteiger partial charge is 0.368 e. The number of nitrogens with zero attached hydrogens (tertiary/aromatic N) is 4. The molecule has 0 fully saturated rings. The molecule has 0 unspecified atom stereocenters. The normalized spacial score (nSPS) is 12.8. The van der Waals surface area contributed by atoms with Crippen LogP contribution in [-0.4, -0.2) is 25.6 Å². The van der Waals surface area contributed by atoms with Gasteiger partial charge in [-0.1, -0.05) is 36.8 Å². The lowest BCUT2D eigenvalue weighted by Crippen LogP contribution is -2.31. The molecule has 0 radical (unpaired) electrons. The number of rotatable bonds is 3. The fraction of sp³-hybridized carbons (Fsp3) is 0.353. The van der Waals surface area contributed by atoms with Crippen molar-refractivity contribution in [3.05, 3.63) is 40.3 Å². The first-order chi connectivity index (χ1) is 11.2. The monoisotopic (exact) mass is 345 g/mol. The molecule has 0 aliphatic carbocycles. The lowest BCUT2D eigenvalue weighted by Gasteiger charge is -2.13. The van der Waals surface area contributed by atoms with Crippen LogP contribution in [0, 0.1) is 6.92 Å². The van der Waals surface area contributed by atoms with Crippen LogP contribution >= 0.6 is 12.4 Å². The predicted octanol–water partition coefficient (Wildman–Crippen LogP) is 2.78. The molecule has 1 N–H and O–H groups in total. The SMILES string of the molecule is CCCn1c2nc(-c3ccc(C)cc3)nc-2c2n(c1=O)CCN2.Cl. The molecule has 4 rings (SSSR count). The Bertz CT molecular complexity index is 897. The summed E-state index contributed by atoms with van der Waals surface area (Å²) >= 11 is 0. The van der Waals surface area contributed by atoms with Crippen LogP contribution in [-0.2, 0) is 13.1 Å². The lowest BCUT2D eigenvalue weighted by molar-refractivity contribution is 0.589. The summed E-state index contributed by atoms with van der Waals surface area (Å²) in [5, 5.41) is 3.27. The molecule has 1 aromatic rings. The van der Waals surface area contributed by atoms with E-state index in [1.165, 1.54) is 5.56 Å². The van der Waals surface area contributed by atoms with Gasteiger partial charge in [-0.25, -0.2) is 14.8 Å². The summed E-state index contributed by atoms with van der Waals surface area (Å²) < 4.78 is 3.52. The van der Waals surface area contributed by atoms with Gasteiger partial charge >= 0.3 is 5.69 Å². The van der Waals surface area contributed by atoms with E-state index < -0.39 is 0 Å². The summed E-state index contributed by atoms with van der Waals surface area (Å²) in [7, 11) is 0. The summed E-state index contributed by atoms with van der Waals surface area (Å²) in [5.41, 5.74) is 2.95. The molecule has 3 heterocycles. The van der Waals surface area contributed by atoms with E-state index in [1.807, 2.05) is 24.3 Å². The predicted molar refractivity (Wildman–Crippen MR) is 97.1 cm³/mol. The van der Waals surface area contributed by atoms with Gasteiger partial charge in [-0.05, 0) is 13.3 Å². The minimum absolute atomic E-state index is 0. The van der Waals surface area contributed by atoms with E-state index in [-0.39, 0.29) is 18.1 Å². The second-order valence-corrected chi connectivity index (χ2v) is 5.95. The molecule has 3 aliphatic rings. The van der Waals surface area contributed by atoms with Crippen molar-refractivity contribution >= 4 is 18.2 Å². The van der Waals surface area contributed by atoms with Gasteiger partial charge in [0.2, 0.25) is 0 Å². The number of aromatic nitrogens is 4. The van der Waals surface area contributed by atoms with Gasteiger partial charge in [0, 0.05) is 25.2 Å². The van der Waals surface area contributed by atoms with Gasteiger partial charge in [-0.15, -0.1) is 12.4 Å². The van der Waals surface area contributed by atoms with E-state index in [9.17, 15) is 4.79 Å². The molecule has 0 spiro atoms. The fourth-order valence-electron chi connectivity index (χ4n) is 3.07. The third kappa shape index (κ3) is 2.47. The zero-order chi connectivity index (χ0) is 16.0. The van der Waals surface area contributed by atoms with E-state index in [0.717, 1.165) is 30.0 Å². The maximum atomic E-state index is 12.7. The smallest absolute Gasteiger partial charge is 0.331 e. The maximum Gasteiger partial charge on any atom is 0.331 e. The fourth-order valence-corrected chi connectivity index (χ4v) is 3.07. The Hall–Kier alpha value is -2.34. The molecule has 0 amide bonds. The molecule has 0 saturated carbocycles. The average Bonchev–Trinajstić information content (AvgIpc) is 3.18. The summed E-state index contributed by atoms with van der Waals surface area (Å²) in [4.78, 5) is 22.1.